The predicted molar refractivity (Wildman–Crippen MR) is 77.4 cm³/mol. The number of amides is 1. The lowest BCUT2D eigenvalue weighted by Gasteiger charge is -2.18. The minimum atomic E-state index is -0.123. The lowest BCUT2D eigenvalue weighted by Crippen LogP contribution is -2.27. The summed E-state index contributed by atoms with van der Waals surface area (Å²) < 4.78 is 5.07. The molecule has 1 amide bonds. The third-order valence-corrected chi connectivity index (χ3v) is 3.00. The summed E-state index contributed by atoms with van der Waals surface area (Å²) in [7, 11) is 3.30. The summed E-state index contributed by atoms with van der Waals surface area (Å²) in [6.07, 6.45) is 3.41. The Labute approximate surface area is 118 Å². The van der Waals surface area contributed by atoms with Crippen LogP contribution in [0.2, 0.25) is 0 Å². The highest BCUT2D eigenvalue weighted by Gasteiger charge is 2.15. The largest absolute Gasteiger partial charge is 0.497 e. The smallest absolute Gasteiger partial charge is 0.255 e. The van der Waals surface area contributed by atoms with Crippen molar-refractivity contribution in [3.8, 4) is 5.75 Å². The number of carbonyl (C=O) groups is 1. The third kappa shape index (κ3) is 3.06. The first-order valence-corrected chi connectivity index (χ1v) is 6.19. The van der Waals surface area contributed by atoms with Crippen LogP contribution < -0.4 is 10.5 Å². The molecule has 5 heteroatoms. The number of anilines is 1. The molecule has 104 valence electrons. The Hall–Kier alpha value is -2.56. The van der Waals surface area contributed by atoms with E-state index in [0.717, 1.165) is 5.56 Å². The fourth-order valence-electron chi connectivity index (χ4n) is 1.90. The van der Waals surface area contributed by atoms with Crippen LogP contribution in [0.5, 0.6) is 5.75 Å². The number of rotatable bonds is 4. The summed E-state index contributed by atoms with van der Waals surface area (Å²) in [5.41, 5.74) is 7.80. The van der Waals surface area contributed by atoms with Crippen molar-refractivity contribution in [3.63, 3.8) is 0 Å². The van der Waals surface area contributed by atoms with Crippen molar-refractivity contribution in [2.75, 3.05) is 19.9 Å². The molecule has 20 heavy (non-hydrogen) atoms. The highest BCUT2D eigenvalue weighted by atomic mass is 16.5. The van der Waals surface area contributed by atoms with Crippen molar-refractivity contribution in [1.82, 2.24) is 9.88 Å². The molecule has 0 saturated heterocycles. The summed E-state index contributed by atoms with van der Waals surface area (Å²) in [5, 5.41) is 0. The van der Waals surface area contributed by atoms with Gasteiger partial charge in [-0.1, -0.05) is 0 Å². The first-order valence-electron chi connectivity index (χ1n) is 6.19. The first kappa shape index (κ1) is 13.9. The Morgan fingerprint density at radius 1 is 1.30 bits per heavy atom. The minimum Gasteiger partial charge on any atom is -0.497 e. The second-order valence-corrected chi connectivity index (χ2v) is 4.47. The van der Waals surface area contributed by atoms with Gasteiger partial charge >= 0.3 is 0 Å². The average Bonchev–Trinajstić information content (AvgIpc) is 2.47. The molecule has 0 bridgehead atoms. The van der Waals surface area contributed by atoms with Crippen molar-refractivity contribution < 1.29 is 9.53 Å². The fraction of sp³-hybridized carbons (Fsp3) is 0.200. The zero-order valence-corrected chi connectivity index (χ0v) is 11.5. The van der Waals surface area contributed by atoms with E-state index in [-0.39, 0.29) is 5.91 Å². The number of pyridine rings is 1. The topological polar surface area (TPSA) is 68.5 Å². The molecule has 0 spiro atoms. The Morgan fingerprint density at radius 2 is 2.00 bits per heavy atom. The SMILES string of the molecule is COc1ccc(C(=O)N(C)Cc2ccncc2)c(N)c1. The van der Waals surface area contributed by atoms with E-state index in [9.17, 15) is 4.79 Å². The fourth-order valence-corrected chi connectivity index (χ4v) is 1.90. The van der Waals surface area contributed by atoms with Crippen molar-refractivity contribution in [2.24, 2.45) is 0 Å². The zero-order chi connectivity index (χ0) is 14.5. The van der Waals surface area contributed by atoms with Crippen LogP contribution in [0, 0.1) is 0 Å². The maximum absolute atomic E-state index is 12.4. The number of aromatic nitrogens is 1. The van der Waals surface area contributed by atoms with Gasteiger partial charge in [0.25, 0.3) is 5.91 Å². The van der Waals surface area contributed by atoms with Crippen molar-refractivity contribution in [3.05, 3.63) is 53.9 Å². The molecular weight excluding hydrogens is 254 g/mol. The van der Waals surface area contributed by atoms with Gasteiger partial charge in [-0.05, 0) is 29.8 Å². The van der Waals surface area contributed by atoms with Crippen LogP contribution in [-0.4, -0.2) is 29.9 Å². The quantitative estimate of drug-likeness (QED) is 0.863. The van der Waals surface area contributed by atoms with E-state index < -0.39 is 0 Å². The maximum Gasteiger partial charge on any atom is 0.255 e. The van der Waals surface area contributed by atoms with Gasteiger partial charge < -0.3 is 15.4 Å². The lowest BCUT2D eigenvalue weighted by molar-refractivity contribution is 0.0786. The number of methoxy groups -OCH3 is 1. The van der Waals surface area contributed by atoms with Crippen LogP contribution in [-0.2, 0) is 6.54 Å². The van der Waals surface area contributed by atoms with E-state index in [1.54, 1.807) is 49.7 Å². The number of nitrogens with zero attached hydrogens (tertiary/aromatic N) is 2. The van der Waals surface area contributed by atoms with E-state index in [2.05, 4.69) is 4.98 Å². The molecule has 5 nitrogen and oxygen atoms in total. The molecule has 2 rings (SSSR count). The van der Waals surface area contributed by atoms with E-state index in [1.807, 2.05) is 12.1 Å². The molecule has 2 N–H and O–H groups in total. The number of benzene rings is 1. The molecule has 0 saturated carbocycles. The van der Waals surface area contributed by atoms with Gasteiger partial charge in [0.2, 0.25) is 0 Å². The lowest BCUT2D eigenvalue weighted by atomic mass is 10.1. The van der Waals surface area contributed by atoms with Crippen LogP contribution in [0.3, 0.4) is 0 Å². The van der Waals surface area contributed by atoms with Gasteiger partial charge in [-0.15, -0.1) is 0 Å². The zero-order valence-electron chi connectivity index (χ0n) is 11.5. The normalized spacial score (nSPS) is 10.1. The van der Waals surface area contributed by atoms with Crippen molar-refractivity contribution >= 4 is 11.6 Å². The minimum absolute atomic E-state index is 0.123. The average molecular weight is 271 g/mol. The second-order valence-electron chi connectivity index (χ2n) is 4.47. The number of carbonyl (C=O) groups excluding carboxylic acids is 1. The first-order chi connectivity index (χ1) is 9.61. The maximum atomic E-state index is 12.4. The van der Waals surface area contributed by atoms with Gasteiger partial charge in [0.1, 0.15) is 5.75 Å². The molecule has 0 atom stereocenters. The van der Waals surface area contributed by atoms with Gasteiger partial charge in [-0.25, -0.2) is 0 Å². The molecule has 2 aromatic rings. The van der Waals surface area contributed by atoms with Crippen LogP contribution in [0.25, 0.3) is 0 Å². The van der Waals surface area contributed by atoms with Gasteiger partial charge in [0.05, 0.1) is 12.7 Å². The molecule has 0 unspecified atom stereocenters. The van der Waals surface area contributed by atoms with Gasteiger partial charge in [-0.3, -0.25) is 9.78 Å². The summed E-state index contributed by atoms with van der Waals surface area (Å²) in [6.45, 7) is 0.507. The van der Waals surface area contributed by atoms with Crippen LogP contribution in [0.1, 0.15) is 15.9 Å². The van der Waals surface area contributed by atoms with E-state index in [4.69, 9.17) is 10.5 Å². The molecule has 0 fully saturated rings. The van der Waals surface area contributed by atoms with Crippen LogP contribution >= 0.6 is 0 Å². The number of hydrogen-bond acceptors (Lipinski definition) is 4. The molecule has 1 heterocycles. The monoisotopic (exact) mass is 271 g/mol. The predicted octanol–water partition coefficient (Wildman–Crippen LogP) is 1.94. The van der Waals surface area contributed by atoms with Gasteiger partial charge in [0, 0.05) is 37.7 Å². The van der Waals surface area contributed by atoms with Gasteiger partial charge in [-0.2, -0.15) is 0 Å². The Balaban J connectivity index is 2.14. The Kier molecular flexibility index (Phi) is 4.20. The van der Waals surface area contributed by atoms with E-state index in [0.29, 0.717) is 23.5 Å². The highest BCUT2D eigenvalue weighted by Crippen LogP contribution is 2.21. The number of nitrogen functional groups attached to an aromatic ring is 1. The molecule has 0 aliphatic rings. The standard InChI is InChI=1S/C15H17N3O2/c1-18(10-11-5-7-17-8-6-11)15(19)13-4-3-12(20-2)9-14(13)16/h3-9H,10,16H2,1-2H3. The molecule has 0 aliphatic heterocycles. The summed E-state index contributed by atoms with van der Waals surface area (Å²) in [4.78, 5) is 17.9. The van der Waals surface area contributed by atoms with E-state index in [1.165, 1.54) is 0 Å². The third-order valence-electron chi connectivity index (χ3n) is 3.00. The second kappa shape index (κ2) is 6.06. The van der Waals surface area contributed by atoms with Crippen molar-refractivity contribution in [1.29, 1.82) is 0 Å². The summed E-state index contributed by atoms with van der Waals surface area (Å²) in [6, 6.07) is 8.80. The summed E-state index contributed by atoms with van der Waals surface area (Å²) >= 11 is 0. The van der Waals surface area contributed by atoms with E-state index >= 15 is 0 Å². The molecule has 0 aliphatic carbocycles. The Bertz CT molecular complexity index is 599. The summed E-state index contributed by atoms with van der Waals surface area (Å²) in [5.74, 6) is 0.512. The number of nitrogens with two attached hydrogens (primary N) is 1. The highest BCUT2D eigenvalue weighted by molar-refractivity contribution is 5.99. The molecule has 1 aromatic carbocycles. The van der Waals surface area contributed by atoms with Crippen LogP contribution in [0.15, 0.2) is 42.7 Å². The molecule has 0 radical (unpaired) electrons. The molecule has 1 aromatic heterocycles. The number of hydrogen-bond donors (Lipinski definition) is 1. The van der Waals surface area contributed by atoms with Gasteiger partial charge in [0.15, 0.2) is 0 Å². The Morgan fingerprint density at radius 3 is 2.60 bits per heavy atom. The number of ether oxygens (including phenoxy) is 1. The van der Waals surface area contributed by atoms with Crippen LogP contribution in [0.4, 0.5) is 5.69 Å². The van der Waals surface area contributed by atoms with Crippen molar-refractivity contribution in [2.45, 2.75) is 6.54 Å². The molecular formula is C15H17N3O2.